The van der Waals surface area contributed by atoms with Gasteiger partial charge in [-0.25, -0.2) is 0 Å². The number of nitrogens with zero attached hydrogens (tertiary/aromatic N) is 1. The Morgan fingerprint density at radius 3 is 2.22 bits per heavy atom. The van der Waals surface area contributed by atoms with Gasteiger partial charge in [0.1, 0.15) is 11.5 Å². The average Bonchev–Trinajstić information content (AvgIpc) is 3.32. The van der Waals surface area contributed by atoms with E-state index in [0.29, 0.717) is 0 Å². The van der Waals surface area contributed by atoms with E-state index in [4.69, 9.17) is 4.74 Å². The number of ether oxygens (including phenoxy) is 1. The van der Waals surface area contributed by atoms with Gasteiger partial charge in [-0.3, -0.25) is 0 Å². The number of rotatable bonds is 4. The van der Waals surface area contributed by atoms with Crippen LogP contribution in [0.5, 0.6) is 11.5 Å². The topological polar surface area (TPSA) is 14.2 Å². The van der Waals surface area contributed by atoms with Crippen molar-refractivity contribution in [3.63, 3.8) is 0 Å². The fourth-order valence-electron chi connectivity index (χ4n) is 7.60. The molecule has 5 aromatic carbocycles. The third-order valence-electron chi connectivity index (χ3n) is 9.37. The first-order chi connectivity index (χ1) is 20.0. The summed E-state index contributed by atoms with van der Waals surface area (Å²) in [7, 11) is 0. The molecular weight excluding hydrogens is 612 g/mol. The summed E-state index contributed by atoms with van der Waals surface area (Å²) in [5.41, 5.74) is 11.9. The fraction of sp³-hybridized carbons (Fsp3) is 0.189. The van der Waals surface area contributed by atoms with Crippen molar-refractivity contribution in [2.24, 2.45) is 0 Å². The van der Waals surface area contributed by atoms with Gasteiger partial charge in [0.2, 0.25) is 0 Å². The number of aryl methyl sites for hydroxylation is 1. The molecular formula is C37H31BINO. The van der Waals surface area contributed by atoms with E-state index in [2.05, 4.69) is 145 Å². The number of aromatic nitrogens is 1. The summed E-state index contributed by atoms with van der Waals surface area (Å²) in [4.78, 5) is 0. The molecule has 2 aliphatic rings. The standard InChI is InChI=1S/C37H31BINO/c1-4-5-10-23-15-19-34-36-35(23)37(2,3)28-18-17-25(22-29(28)38(36)30-21-24(39)16-20-33(30)41-34)40-31-13-8-6-11-26(31)27-12-7-9-14-32(27)40/h6-9,11-22H,4-5,10H2,1-3H3. The second-order valence-corrected chi connectivity index (χ2v) is 13.3. The van der Waals surface area contributed by atoms with Gasteiger partial charge in [-0.15, -0.1) is 0 Å². The van der Waals surface area contributed by atoms with Gasteiger partial charge in [-0.05, 0) is 112 Å². The molecule has 0 N–H and O–H groups in total. The molecule has 3 heterocycles. The van der Waals surface area contributed by atoms with Gasteiger partial charge in [-0.1, -0.05) is 81.2 Å². The first-order valence-corrected chi connectivity index (χ1v) is 15.8. The highest BCUT2D eigenvalue weighted by Crippen LogP contribution is 2.41. The largest absolute Gasteiger partial charge is 0.458 e. The zero-order chi connectivity index (χ0) is 27.9. The SMILES string of the molecule is CCCCc1ccc2c3c1C(C)(C)c1ccc(-n4c5ccccc5c5ccccc54)cc1B3c1cc(I)ccc1O2. The lowest BCUT2D eigenvalue weighted by Gasteiger charge is -2.43. The van der Waals surface area contributed by atoms with Crippen LogP contribution < -0.4 is 21.1 Å². The van der Waals surface area contributed by atoms with Gasteiger partial charge >= 0.3 is 0 Å². The first kappa shape index (κ1) is 25.2. The lowest BCUT2D eigenvalue weighted by molar-refractivity contribution is 0.483. The minimum absolute atomic E-state index is 0.135. The molecule has 2 nitrogen and oxygen atoms in total. The van der Waals surface area contributed by atoms with Crippen LogP contribution in [-0.4, -0.2) is 11.3 Å². The van der Waals surface area contributed by atoms with Crippen molar-refractivity contribution in [2.75, 3.05) is 0 Å². The average molecular weight is 643 g/mol. The van der Waals surface area contributed by atoms with E-state index >= 15 is 0 Å². The van der Waals surface area contributed by atoms with Crippen molar-refractivity contribution >= 4 is 67.5 Å². The second-order valence-electron chi connectivity index (χ2n) is 12.1. The maximum absolute atomic E-state index is 6.66. The molecule has 6 aromatic rings. The molecule has 0 bridgehead atoms. The van der Waals surface area contributed by atoms with Gasteiger partial charge in [0.25, 0.3) is 6.71 Å². The van der Waals surface area contributed by atoms with E-state index in [0.717, 1.165) is 17.9 Å². The molecule has 0 saturated heterocycles. The van der Waals surface area contributed by atoms with Gasteiger partial charge in [0.15, 0.2) is 0 Å². The van der Waals surface area contributed by atoms with E-state index in [1.165, 1.54) is 77.0 Å². The van der Waals surface area contributed by atoms with Crippen LogP contribution in [0, 0.1) is 3.57 Å². The zero-order valence-electron chi connectivity index (χ0n) is 23.7. The molecule has 0 unspecified atom stereocenters. The first-order valence-electron chi connectivity index (χ1n) is 14.7. The van der Waals surface area contributed by atoms with Crippen molar-refractivity contribution in [2.45, 2.75) is 45.4 Å². The van der Waals surface area contributed by atoms with Gasteiger partial charge < -0.3 is 9.30 Å². The number of fused-ring (bicyclic) bond motifs is 7. The minimum atomic E-state index is -0.137. The van der Waals surface area contributed by atoms with E-state index in [-0.39, 0.29) is 12.1 Å². The van der Waals surface area contributed by atoms with E-state index < -0.39 is 0 Å². The molecule has 0 aliphatic carbocycles. The number of hydrogen-bond donors (Lipinski definition) is 0. The molecule has 0 amide bonds. The summed E-state index contributed by atoms with van der Waals surface area (Å²) in [6.07, 6.45) is 3.49. The number of para-hydroxylation sites is 2. The Bertz CT molecular complexity index is 1970. The smallest absolute Gasteiger partial charge is 0.251 e. The van der Waals surface area contributed by atoms with Gasteiger partial charge in [-0.2, -0.15) is 0 Å². The minimum Gasteiger partial charge on any atom is -0.458 e. The highest BCUT2D eigenvalue weighted by Gasteiger charge is 2.46. The molecule has 1 aromatic heterocycles. The van der Waals surface area contributed by atoms with Crippen LogP contribution in [-0.2, 0) is 11.8 Å². The predicted molar refractivity (Wildman–Crippen MR) is 182 cm³/mol. The molecule has 0 spiro atoms. The highest BCUT2D eigenvalue weighted by atomic mass is 127. The summed E-state index contributed by atoms with van der Waals surface area (Å²) in [6.45, 7) is 7.25. The van der Waals surface area contributed by atoms with Crippen LogP contribution in [0.15, 0.2) is 97.1 Å². The predicted octanol–water partition coefficient (Wildman–Crippen LogP) is 7.99. The Balaban J connectivity index is 1.44. The third kappa shape index (κ3) is 3.62. The molecule has 41 heavy (non-hydrogen) atoms. The van der Waals surface area contributed by atoms with Crippen LogP contribution in [0.25, 0.3) is 27.5 Å². The molecule has 8 rings (SSSR count). The molecule has 0 radical (unpaired) electrons. The van der Waals surface area contributed by atoms with E-state index in [1.807, 2.05) is 0 Å². The summed E-state index contributed by atoms with van der Waals surface area (Å²) < 4.78 is 10.3. The monoisotopic (exact) mass is 643 g/mol. The van der Waals surface area contributed by atoms with Crippen LogP contribution in [0.2, 0.25) is 0 Å². The van der Waals surface area contributed by atoms with Crippen LogP contribution >= 0.6 is 22.6 Å². The highest BCUT2D eigenvalue weighted by molar-refractivity contribution is 14.1. The quantitative estimate of drug-likeness (QED) is 0.140. The number of unbranched alkanes of at least 4 members (excludes halogenated alkanes) is 1. The molecule has 0 saturated carbocycles. The number of benzene rings is 5. The lowest BCUT2D eigenvalue weighted by Crippen LogP contribution is -2.63. The maximum Gasteiger partial charge on any atom is 0.251 e. The Morgan fingerprint density at radius 1 is 0.780 bits per heavy atom. The molecule has 200 valence electrons. The van der Waals surface area contributed by atoms with E-state index in [9.17, 15) is 0 Å². The normalized spacial score (nSPS) is 14.5. The zero-order valence-corrected chi connectivity index (χ0v) is 25.8. The van der Waals surface area contributed by atoms with E-state index in [1.54, 1.807) is 0 Å². The van der Waals surface area contributed by atoms with Crippen molar-refractivity contribution in [3.8, 4) is 17.2 Å². The summed E-state index contributed by atoms with van der Waals surface area (Å²) in [5.74, 6) is 1.99. The Kier molecular flexibility index (Phi) is 5.69. The van der Waals surface area contributed by atoms with Crippen LogP contribution in [0.3, 0.4) is 0 Å². The van der Waals surface area contributed by atoms with Crippen LogP contribution in [0.4, 0.5) is 0 Å². The van der Waals surface area contributed by atoms with Crippen molar-refractivity contribution in [1.29, 1.82) is 0 Å². The summed E-state index contributed by atoms with van der Waals surface area (Å²) >= 11 is 2.44. The summed E-state index contributed by atoms with van der Waals surface area (Å²) in [6, 6.07) is 36.0. The Hall–Kier alpha value is -3.51. The summed E-state index contributed by atoms with van der Waals surface area (Å²) in [5, 5.41) is 2.58. The fourth-order valence-corrected chi connectivity index (χ4v) is 8.12. The Labute approximate surface area is 255 Å². The Morgan fingerprint density at radius 2 is 1.49 bits per heavy atom. The lowest BCUT2D eigenvalue weighted by atomic mass is 9.30. The van der Waals surface area contributed by atoms with Crippen molar-refractivity contribution < 1.29 is 4.74 Å². The molecule has 4 heteroatoms. The van der Waals surface area contributed by atoms with Gasteiger partial charge in [0.05, 0.1) is 11.0 Å². The number of hydrogen-bond acceptors (Lipinski definition) is 1. The number of halogens is 1. The molecule has 2 aliphatic heterocycles. The van der Waals surface area contributed by atoms with Crippen molar-refractivity contribution in [1.82, 2.24) is 4.57 Å². The van der Waals surface area contributed by atoms with Crippen molar-refractivity contribution in [3.05, 3.63) is 117 Å². The maximum atomic E-state index is 6.66. The van der Waals surface area contributed by atoms with Crippen LogP contribution in [0.1, 0.15) is 50.3 Å². The third-order valence-corrected chi connectivity index (χ3v) is 10.0. The molecule has 0 atom stereocenters. The van der Waals surface area contributed by atoms with Gasteiger partial charge in [0, 0.05) is 25.4 Å². The second kappa shape index (κ2) is 9.25. The molecule has 0 fully saturated rings.